The average molecular weight is 230 g/mol. The minimum absolute atomic E-state index is 0.420. The first-order valence-corrected chi connectivity index (χ1v) is 4.95. The second-order valence-electron chi connectivity index (χ2n) is 3.70. The Labute approximate surface area is 91.9 Å². The van der Waals surface area contributed by atoms with Crippen molar-refractivity contribution in [2.45, 2.75) is 19.3 Å². The van der Waals surface area contributed by atoms with E-state index in [0.29, 0.717) is 19.3 Å². The van der Waals surface area contributed by atoms with E-state index in [9.17, 15) is 14.4 Å². The van der Waals surface area contributed by atoms with Crippen molar-refractivity contribution in [1.82, 2.24) is 5.48 Å². The van der Waals surface area contributed by atoms with Crippen LogP contribution in [0.3, 0.4) is 0 Å². The zero-order valence-electron chi connectivity index (χ0n) is 8.64. The van der Waals surface area contributed by atoms with Crippen LogP contribution in [0.4, 0.5) is 0 Å². The number of nitrogens with two attached hydrogens (primary N) is 1. The number of carbonyl (C=O) groups excluding carboxylic acids is 2. The van der Waals surface area contributed by atoms with E-state index in [2.05, 4.69) is 4.84 Å². The first-order chi connectivity index (χ1) is 7.52. The minimum atomic E-state index is -0.979. The number of hydroxylamine groups is 1. The Morgan fingerprint density at radius 2 is 1.94 bits per heavy atom. The van der Waals surface area contributed by atoms with Gasteiger partial charge in [0.15, 0.2) is 6.61 Å². The normalized spacial score (nSPS) is 24.0. The highest BCUT2D eigenvalue weighted by Gasteiger charge is 2.37. The first-order valence-electron chi connectivity index (χ1n) is 4.95. The molecule has 7 heteroatoms. The van der Waals surface area contributed by atoms with E-state index in [1.54, 1.807) is 0 Å². The van der Waals surface area contributed by atoms with Gasteiger partial charge in [-0.3, -0.25) is 19.2 Å². The highest BCUT2D eigenvalue weighted by molar-refractivity contribution is 5.84. The van der Waals surface area contributed by atoms with Crippen molar-refractivity contribution in [3.8, 4) is 0 Å². The van der Waals surface area contributed by atoms with Crippen molar-refractivity contribution in [3.05, 3.63) is 0 Å². The SMILES string of the molecule is NC(=O)CONC(=O)C1CCCC1C(=O)O. The zero-order valence-corrected chi connectivity index (χ0v) is 8.64. The van der Waals surface area contributed by atoms with Gasteiger partial charge in [-0.2, -0.15) is 0 Å². The number of rotatable bonds is 5. The van der Waals surface area contributed by atoms with E-state index < -0.39 is 36.2 Å². The van der Waals surface area contributed by atoms with Crippen molar-refractivity contribution >= 4 is 17.8 Å². The molecule has 2 atom stereocenters. The van der Waals surface area contributed by atoms with Crippen molar-refractivity contribution in [3.63, 3.8) is 0 Å². The number of primary amides is 1. The molecule has 1 aliphatic carbocycles. The molecule has 0 heterocycles. The molecule has 2 unspecified atom stereocenters. The van der Waals surface area contributed by atoms with Gasteiger partial charge < -0.3 is 10.8 Å². The van der Waals surface area contributed by atoms with E-state index in [1.165, 1.54) is 0 Å². The van der Waals surface area contributed by atoms with E-state index in [-0.39, 0.29) is 0 Å². The zero-order chi connectivity index (χ0) is 12.1. The van der Waals surface area contributed by atoms with Gasteiger partial charge in [-0.05, 0) is 12.8 Å². The van der Waals surface area contributed by atoms with Crippen LogP contribution >= 0.6 is 0 Å². The van der Waals surface area contributed by atoms with E-state index in [4.69, 9.17) is 10.8 Å². The summed E-state index contributed by atoms with van der Waals surface area (Å²) in [6.07, 6.45) is 1.71. The maximum absolute atomic E-state index is 11.5. The maximum Gasteiger partial charge on any atom is 0.307 e. The highest BCUT2D eigenvalue weighted by Crippen LogP contribution is 2.31. The summed E-state index contributed by atoms with van der Waals surface area (Å²) in [5, 5.41) is 8.85. The van der Waals surface area contributed by atoms with Crippen LogP contribution in [0.2, 0.25) is 0 Å². The van der Waals surface area contributed by atoms with Gasteiger partial charge in [0.25, 0.3) is 0 Å². The van der Waals surface area contributed by atoms with Gasteiger partial charge >= 0.3 is 5.97 Å². The summed E-state index contributed by atoms with van der Waals surface area (Å²) >= 11 is 0. The second kappa shape index (κ2) is 5.45. The first kappa shape index (κ1) is 12.4. The standard InChI is InChI=1S/C9H14N2O5/c10-7(12)4-16-11-8(13)5-2-1-3-6(5)9(14)15/h5-6H,1-4H2,(H2,10,12)(H,11,13)(H,14,15). The fraction of sp³-hybridized carbons (Fsp3) is 0.667. The second-order valence-corrected chi connectivity index (χ2v) is 3.70. The summed E-state index contributed by atoms with van der Waals surface area (Å²) in [6, 6.07) is 0. The number of carboxylic acids is 1. The average Bonchev–Trinajstić information content (AvgIpc) is 2.65. The molecule has 7 nitrogen and oxygen atoms in total. The van der Waals surface area contributed by atoms with Gasteiger partial charge in [-0.25, -0.2) is 5.48 Å². The number of hydrogen-bond acceptors (Lipinski definition) is 4. The number of carbonyl (C=O) groups is 3. The van der Waals surface area contributed by atoms with Crippen LogP contribution in [0, 0.1) is 11.8 Å². The van der Waals surface area contributed by atoms with Crippen LogP contribution in [-0.2, 0) is 19.2 Å². The lowest BCUT2D eigenvalue weighted by Gasteiger charge is -2.14. The molecule has 0 bridgehead atoms. The number of nitrogens with one attached hydrogen (secondary N) is 1. The number of hydrogen-bond donors (Lipinski definition) is 3. The van der Waals surface area contributed by atoms with E-state index in [1.807, 2.05) is 5.48 Å². The summed E-state index contributed by atoms with van der Waals surface area (Å²) in [6.45, 7) is -0.420. The number of carboxylic acid groups (broad SMARTS) is 1. The molecule has 0 spiro atoms. The van der Waals surface area contributed by atoms with Gasteiger partial charge in [0.05, 0.1) is 11.8 Å². The van der Waals surface area contributed by atoms with Gasteiger partial charge in [-0.1, -0.05) is 6.42 Å². The fourth-order valence-electron chi connectivity index (χ4n) is 1.82. The van der Waals surface area contributed by atoms with Crippen LogP contribution in [-0.4, -0.2) is 29.5 Å². The monoisotopic (exact) mass is 230 g/mol. The summed E-state index contributed by atoms with van der Waals surface area (Å²) in [5.41, 5.74) is 6.84. The molecule has 0 saturated heterocycles. The summed E-state index contributed by atoms with van der Waals surface area (Å²) in [5.74, 6) is -3.46. The molecule has 1 saturated carbocycles. The Hall–Kier alpha value is -1.63. The molecule has 1 rings (SSSR count). The molecule has 0 aromatic carbocycles. The molecule has 0 radical (unpaired) electrons. The van der Waals surface area contributed by atoms with Crippen LogP contribution in [0.5, 0.6) is 0 Å². The quantitative estimate of drug-likeness (QED) is 0.524. The van der Waals surface area contributed by atoms with Crippen molar-refractivity contribution in [1.29, 1.82) is 0 Å². The van der Waals surface area contributed by atoms with Crippen LogP contribution in [0.25, 0.3) is 0 Å². The van der Waals surface area contributed by atoms with Gasteiger partial charge in [0, 0.05) is 0 Å². The third kappa shape index (κ3) is 3.20. The van der Waals surface area contributed by atoms with Crippen LogP contribution in [0.15, 0.2) is 0 Å². The van der Waals surface area contributed by atoms with Gasteiger partial charge in [-0.15, -0.1) is 0 Å². The predicted molar refractivity (Wildman–Crippen MR) is 51.8 cm³/mol. The Balaban J connectivity index is 2.41. The van der Waals surface area contributed by atoms with Crippen molar-refractivity contribution in [2.75, 3.05) is 6.61 Å². The molecule has 0 aromatic rings. The third-order valence-corrected chi connectivity index (χ3v) is 2.56. The highest BCUT2D eigenvalue weighted by atomic mass is 16.7. The molecular weight excluding hydrogens is 216 g/mol. The van der Waals surface area contributed by atoms with Crippen LogP contribution in [0.1, 0.15) is 19.3 Å². The molecular formula is C9H14N2O5. The Kier molecular flexibility index (Phi) is 4.24. The lowest BCUT2D eigenvalue weighted by molar-refractivity contribution is -0.150. The lowest BCUT2D eigenvalue weighted by Crippen LogP contribution is -2.37. The van der Waals surface area contributed by atoms with Crippen molar-refractivity contribution < 1.29 is 24.3 Å². The summed E-state index contributed by atoms with van der Waals surface area (Å²) in [7, 11) is 0. The largest absolute Gasteiger partial charge is 0.481 e. The minimum Gasteiger partial charge on any atom is -0.481 e. The number of amides is 2. The summed E-state index contributed by atoms with van der Waals surface area (Å²) in [4.78, 5) is 37.2. The third-order valence-electron chi connectivity index (χ3n) is 2.56. The topological polar surface area (TPSA) is 119 Å². The molecule has 0 aliphatic heterocycles. The van der Waals surface area contributed by atoms with Crippen molar-refractivity contribution in [2.24, 2.45) is 17.6 Å². The molecule has 2 amide bonds. The van der Waals surface area contributed by atoms with Gasteiger partial charge in [0.2, 0.25) is 11.8 Å². The molecule has 1 fully saturated rings. The Bertz CT molecular complexity index is 304. The molecule has 0 aromatic heterocycles. The molecule has 1 aliphatic rings. The van der Waals surface area contributed by atoms with Gasteiger partial charge in [0.1, 0.15) is 0 Å². The van der Waals surface area contributed by atoms with E-state index in [0.717, 1.165) is 0 Å². The smallest absolute Gasteiger partial charge is 0.307 e. The Morgan fingerprint density at radius 1 is 1.31 bits per heavy atom. The molecule has 4 N–H and O–H groups in total. The molecule has 90 valence electrons. The van der Waals surface area contributed by atoms with Crippen LogP contribution < -0.4 is 11.2 Å². The maximum atomic E-state index is 11.5. The summed E-state index contributed by atoms with van der Waals surface area (Å²) < 4.78 is 0. The van der Waals surface area contributed by atoms with E-state index >= 15 is 0 Å². The fourth-order valence-corrected chi connectivity index (χ4v) is 1.82. The lowest BCUT2D eigenvalue weighted by atomic mass is 9.96. The Morgan fingerprint density at radius 3 is 2.50 bits per heavy atom. The predicted octanol–water partition coefficient (Wildman–Crippen LogP) is -0.980. The molecule has 16 heavy (non-hydrogen) atoms. The number of aliphatic carboxylic acids is 1.